The Hall–Kier alpha value is -1.11. The fourth-order valence-electron chi connectivity index (χ4n) is 4.02. The third-order valence-electron chi connectivity index (χ3n) is 4.98. The van der Waals surface area contributed by atoms with Crippen LogP contribution in [0.1, 0.15) is 52.9 Å². The van der Waals surface area contributed by atoms with Crippen molar-refractivity contribution in [3.8, 4) is 0 Å². The van der Waals surface area contributed by atoms with E-state index in [0.717, 1.165) is 11.5 Å². The molecule has 1 unspecified atom stereocenters. The summed E-state index contributed by atoms with van der Waals surface area (Å²) in [4.78, 5) is 0. The van der Waals surface area contributed by atoms with Crippen molar-refractivity contribution in [3.05, 3.63) is 36.0 Å². The zero-order chi connectivity index (χ0) is 14.0. The number of allylic oxidation sites excluding steroid dienone is 5. The molecule has 0 spiro atoms. The summed E-state index contributed by atoms with van der Waals surface area (Å²) in [6, 6.07) is 0. The van der Waals surface area contributed by atoms with Gasteiger partial charge >= 0.3 is 0 Å². The van der Waals surface area contributed by atoms with E-state index in [1.165, 1.54) is 37.7 Å². The second-order valence-corrected chi connectivity index (χ2v) is 6.73. The molecule has 0 aromatic rings. The fourth-order valence-corrected chi connectivity index (χ4v) is 4.02. The van der Waals surface area contributed by atoms with Crippen molar-refractivity contribution in [2.75, 3.05) is 0 Å². The average Bonchev–Trinajstić information content (AvgIpc) is 2.82. The maximum atomic E-state index is 8.03. The van der Waals surface area contributed by atoms with Crippen LogP contribution in [-0.4, -0.2) is 5.71 Å². The molecule has 0 amide bonds. The zero-order valence-corrected chi connectivity index (χ0v) is 12.6. The topological polar surface area (TPSA) is 23.9 Å². The summed E-state index contributed by atoms with van der Waals surface area (Å²) in [7, 11) is 0. The SMILES string of the molecule is C=C1C(=N)C=CC=C1C1(C(C)CC(C)C)CCCC1. The lowest BCUT2D eigenvalue weighted by atomic mass is 9.64. The van der Waals surface area contributed by atoms with Crippen LogP contribution >= 0.6 is 0 Å². The van der Waals surface area contributed by atoms with E-state index < -0.39 is 0 Å². The van der Waals surface area contributed by atoms with E-state index in [9.17, 15) is 0 Å². The first-order chi connectivity index (χ1) is 8.97. The molecule has 1 N–H and O–H groups in total. The van der Waals surface area contributed by atoms with E-state index in [2.05, 4.69) is 33.4 Å². The Labute approximate surface area is 118 Å². The van der Waals surface area contributed by atoms with Gasteiger partial charge in [0.05, 0.1) is 5.71 Å². The molecule has 1 nitrogen and oxygen atoms in total. The fraction of sp³-hybridized carbons (Fsp3) is 0.611. The van der Waals surface area contributed by atoms with Crippen molar-refractivity contribution in [1.29, 1.82) is 5.41 Å². The highest BCUT2D eigenvalue weighted by Crippen LogP contribution is 2.54. The molecule has 0 aromatic heterocycles. The molecule has 0 aromatic carbocycles. The van der Waals surface area contributed by atoms with Crippen LogP contribution in [0.25, 0.3) is 0 Å². The largest absolute Gasteiger partial charge is 0.300 e. The number of hydrogen-bond acceptors (Lipinski definition) is 1. The van der Waals surface area contributed by atoms with Gasteiger partial charge in [-0.1, -0.05) is 52.3 Å². The van der Waals surface area contributed by atoms with Gasteiger partial charge in [-0.2, -0.15) is 0 Å². The highest BCUT2D eigenvalue weighted by molar-refractivity contribution is 6.10. The quantitative estimate of drug-likeness (QED) is 0.706. The molecule has 104 valence electrons. The van der Waals surface area contributed by atoms with Crippen molar-refractivity contribution in [2.24, 2.45) is 17.3 Å². The standard InChI is InChI=1S/C18H27N/c1-13(2)12-14(3)18(10-5-6-11-18)16-8-7-9-17(19)15(16)4/h7-9,13-14,19H,4-6,10-12H2,1-3H3. The normalized spacial score (nSPS) is 23.9. The van der Waals surface area contributed by atoms with Crippen LogP contribution in [0.5, 0.6) is 0 Å². The van der Waals surface area contributed by atoms with Crippen LogP contribution in [0.15, 0.2) is 36.0 Å². The van der Waals surface area contributed by atoms with Gasteiger partial charge in [0.2, 0.25) is 0 Å². The van der Waals surface area contributed by atoms with E-state index in [4.69, 9.17) is 5.41 Å². The van der Waals surface area contributed by atoms with Gasteiger partial charge in [0.25, 0.3) is 0 Å². The zero-order valence-electron chi connectivity index (χ0n) is 12.6. The molecule has 1 heteroatoms. The monoisotopic (exact) mass is 257 g/mol. The van der Waals surface area contributed by atoms with Crippen molar-refractivity contribution < 1.29 is 0 Å². The second kappa shape index (κ2) is 5.48. The van der Waals surface area contributed by atoms with Gasteiger partial charge in [0.1, 0.15) is 0 Å². The minimum Gasteiger partial charge on any atom is -0.300 e. The van der Waals surface area contributed by atoms with Crippen LogP contribution in [0.2, 0.25) is 0 Å². The van der Waals surface area contributed by atoms with Crippen molar-refractivity contribution in [1.82, 2.24) is 0 Å². The summed E-state index contributed by atoms with van der Waals surface area (Å²) in [5.74, 6) is 1.41. The van der Waals surface area contributed by atoms with E-state index in [1.807, 2.05) is 12.2 Å². The van der Waals surface area contributed by atoms with Crippen LogP contribution in [0, 0.1) is 22.7 Å². The van der Waals surface area contributed by atoms with Crippen LogP contribution < -0.4 is 0 Å². The van der Waals surface area contributed by atoms with Gasteiger partial charge in [-0.05, 0) is 53.7 Å². The average molecular weight is 257 g/mol. The second-order valence-electron chi connectivity index (χ2n) is 6.73. The third kappa shape index (κ3) is 2.61. The molecule has 2 aliphatic rings. The molecule has 1 atom stereocenters. The molecule has 1 saturated carbocycles. The summed E-state index contributed by atoms with van der Waals surface area (Å²) >= 11 is 0. The Morgan fingerprint density at radius 3 is 2.47 bits per heavy atom. The first-order valence-electron chi connectivity index (χ1n) is 7.64. The summed E-state index contributed by atoms with van der Waals surface area (Å²) in [6.07, 6.45) is 12.6. The first kappa shape index (κ1) is 14.3. The minimum absolute atomic E-state index is 0.276. The predicted octanol–water partition coefficient (Wildman–Crippen LogP) is 5.30. The van der Waals surface area contributed by atoms with Gasteiger partial charge in [0, 0.05) is 0 Å². The number of nitrogens with one attached hydrogen (secondary N) is 1. The van der Waals surface area contributed by atoms with E-state index in [0.29, 0.717) is 11.6 Å². The molecule has 0 bridgehead atoms. The van der Waals surface area contributed by atoms with Crippen LogP contribution in [0.4, 0.5) is 0 Å². The van der Waals surface area contributed by atoms with Gasteiger partial charge < -0.3 is 5.41 Å². The van der Waals surface area contributed by atoms with Crippen molar-refractivity contribution >= 4 is 5.71 Å². The molecule has 19 heavy (non-hydrogen) atoms. The molecular formula is C18H27N. The molecular weight excluding hydrogens is 230 g/mol. The molecule has 2 aliphatic carbocycles. The smallest absolute Gasteiger partial charge is 0.0609 e. The Balaban J connectivity index is 2.34. The number of rotatable bonds is 4. The highest BCUT2D eigenvalue weighted by Gasteiger charge is 2.43. The summed E-state index contributed by atoms with van der Waals surface area (Å²) < 4.78 is 0. The lowest BCUT2D eigenvalue weighted by molar-refractivity contribution is 0.206. The van der Waals surface area contributed by atoms with Gasteiger partial charge in [-0.25, -0.2) is 0 Å². The Morgan fingerprint density at radius 1 is 1.26 bits per heavy atom. The summed E-state index contributed by atoms with van der Waals surface area (Å²) in [5.41, 5.74) is 3.18. The minimum atomic E-state index is 0.276. The van der Waals surface area contributed by atoms with Crippen molar-refractivity contribution in [3.63, 3.8) is 0 Å². The molecule has 1 fully saturated rings. The first-order valence-corrected chi connectivity index (χ1v) is 7.64. The Bertz CT molecular complexity index is 431. The molecule has 0 heterocycles. The molecule has 0 radical (unpaired) electrons. The molecule has 2 rings (SSSR count). The van der Waals surface area contributed by atoms with Gasteiger partial charge in [-0.15, -0.1) is 0 Å². The summed E-state index contributed by atoms with van der Waals surface area (Å²) in [6.45, 7) is 11.2. The lowest BCUT2D eigenvalue weighted by Gasteiger charge is -2.40. The van der Waals surface area contributed by atoms with Gasteiger partial charge in [-0.3, -0.25) is 0 Å². The third-order valence-corrected chi connectivity index (χ3v) is 4.98. The van der Waals surface area contributed by atoms with E-state index >= 15 is 0 Å². The van der Waals surface area contributed by atoms with E-state index in [-0.39, 0.29) is 5.41 Å². The molecule has 0 aliphatic heterocycles. The number of hydrogen-bond donors (Lipinski definition) is 1. The summed E-state index contributed by atoms with van der Waals surface area (Å²) in [5, 5.41) is 8.03. The van der Waals surface area contributed by atoms with E-state index in [1.54, 1.807) is 0 Å². The van der Waals surface area contributed by atoms with Gasteiger partial charge in [0.15, 0.2) is 0 Å². The van der Waals surface area contributed by atoms with Crippen LogP contribution in [-0.2, 0) is 0 Å². The lowest BCUT2D eigenvalue weighted by Crippen LogP contribution is -2.31. The Kier molecular flexibility index (Phi) is 4.13. The Morgan fingerprint density at radius 2 is 1.89 bits per heavy atom. The maximum absolute atomic E-state index is 8.03. The van der Waals surface area contributed by atoms with Crippen molar-refractivity contribution in [2.45, 2.75) is 52.9 Å². The predicted molar refractivity (Wildman–Crippen MR) is 83.6 cm³/mol. The van der Waals surface area contributed by atoms with Crippen LogP contribution in [0.3, 0.4) is 0 Å². The maximum Gasteiger partial charge on any atom is 0.0609 e. The highest BCUT2D eigenvalue weighted by atomic mass is 14.5. The molecule has 0 saturated heterocycles.